The van der Waals surface area contributed by atoms with Gasteiger partial charge in [-0.15, -0.1) is 0 Å². The summed E-state index contributed by atoms with van der Waals surface area (Å²) in [5.74, 6) is 0. The summed E-state index contributed by atoms with van der Waals surface area (Å²) in [6, 6.07) is 16.3. The van der Waals surface area contributed by atoms with Gasteiger partial charge in [0.25, 0.3) is 0 Å². The van der Waals surface area contributed by atoms with Crippen LogP contribution in [0.1, 0.15) is 11.1 Å². The zero-order valence-corrected chi connectivity index (χ0v) is 9.74. The monoisotopic (exact) mass is 231 g/mol. The third-order valence-electron chi connectivity index (χ3n) is 2.61. The Bertz CT molecular complexity index is 465. The summed E-state index contributed by atoms with van der Waals surface area (Å²) in [7, 11) is 0. The molecule has 0 aromatic heterocycles. The molecule has 0 aliphatic carbocycles. The van der Waals surface area contributed by atoms with Crippen molar-refractivity contribution in [2.45, 2.75) is 12.8 Å². The van der Waals surface area contributed by atoms with Crippen LogP contribution in [0.4, 0.5) is 5.69 Å². The van der Waals surface area contributed by atoms with Crippen LogP contribution in [0.5, 0.6) is 0 Å². The molecule has 2 aromatic carbocycles. The van der Waals surface area contributed by atoms with E-state index in [0.29, 0.717) is 10.7 Å². The fourth-order valence-corrected chi connectivity index (χ4v) is 1.86. The molecule has 0 bridgehead atoms. The zero-order valence-electron chi connectivity index (χ0n) is 8.99. The molecule has 0 unspecified atom stereocenters. The molecule has 0 atom stereocenters. The van der Waals surface area contributed by atoms with E-state index in [1.165, 1.54) is 11.1 Å². The first-order valence-electron chi connectivity index (χ1n) is 5.33. The number of nitrogens with two attached hydrogens (primary N) is 1. The van der Waals surface area contributed by atoms with Gasteiger partial charge in [-0.1, -0.05) is 48.0 Å². The van der Waals surface area contributed by atoms with E-state index in [9.17, 15) is 0 Å². The van der Waals surface area contributed by atoms with Gasteiger partial charge in [0.15, 0.2) is 0 Å². The first kappa shape index (κ1) is 11.0. The van der Waals surface area contributed by atoms with Crippen LogP contribution < -0.4 is 5.73 Å². The highest BCUT2D eigenvalue weighted by Crippen LogP contribution is 2.20. The smallest absolute Gasteiger partial charge is 0.0638 e. The van der Waals surface area contributed by atoms with Crippen LogP contribution in [0, 0.1) is 0 Å². The van der Waals surface area contributed by atoms with Crippen molar-refractivity contribution in [3.05, 3.63) is 64.7 Å². The Morgan fingerprint density at radius 3 is 2.25 bits per heavy atom. The Morgan fingerprint density at radius 2 is 1.56 bits per heavy atom. The van der Waals surface area contributed by atoms with Gasteiger partial charge in [-0.3, -0.25) is 0 Å². The van der Waals surface area contributed by atoms with E-state index in [2.05, 4.69) is 24.3 Å². The number of rotatable bonds is 3. The number of halogens is 1. The minimum Gasteiger partial charge on any atom is -0.398 e. The van der Waals surface area contributed by atoms with Gasteiger partial charge in [0.05, 0.1) is 10.7 Å². The molecular formula is C14H14ClN. The first-order valence-corrected chi connectivity index (χ1v) is 5.71. The normalized spacial score (nSPS) is 10.3. The SMILES string of the molecule is Nc1ccc(CCc2ccccc2)cc1Cl. The van der Waals surface area contributed by atoms with Gasteiger partial charge in [-0.2, -0.15) is 0 Å². The second-order valence-corrected chi connectivity index (χ2v) is 4.25. The summed E-state index contributed by atoms with van der Waals surface area (Å²) >= 11 is 5.97. The standard InChI is InChI=1S/C14H14ClN/c15-13-10-12(8-9-14(13)16)7-6-11-4-2-1-3-5-11/h1-5,8-10H,6-7,16H2. The van der Waals surface area contributed by atoms with E-state index in [0.717, 1.165) is 12.8 Å². The van der Waals surface area contributed by atoms with Crippen molar-refractivity contribution < 1.29 is 0 Å². The topological polar surface area (TPSA) is 26.0 Å². The van der Waals surface area contributed by atoms with Crippen LogP contribution >= 0.6 is 11.6 Å². The number of nitrogen functional groups attached to an aromatic ring is 1. The van der Waals surface area contributed by atoms with Crippen LogP contribution in [0.2, 0.25) is 5.02 Å². The molecule has 0 spiro atoms. The predicted octanol–water partition coefficient (Wildman–Crippen LogP) is 3.71. The molecule has 2 heteroatoms. The lowest BCUT2D eigenvalue weighted by Crippen LogP contribution is -1.93. The summed E-state index contributed by atoms with van der Waals surface area (Å²) in [6.45, 7) is 0. The number of anilines is 1. The molecule has 0 radical (unpaired) electrons. The van der Waals surface area contributed by atoms with Crippen LogP contribution in [-0.4, -0.2) is 0 Å². The highest BCUT2D eigenvalue weighted by molar-refractivity contribution is 6.33. The third-order valence-corrected chi connectivity index (χ3v) is 2.94. The van der Waals surface area contributed by atoms with Gasteiger partial charge in [-0.25, -0.2) is 0 Å². The van der Waals surface area contributed by atoms with E-state index in [4.69, 9.17) is 17.3 Å². The van der Waals surface area contributed by atoms with E-state index < -0.39 is 0 Å². The molecule has 0 heterocycles. The van der Waals surface area contributed by atoms with Crippen molar-refractivity contribution in [2.24, 2.45) is 0 Å². The molecule has 2 rings (SSSR count). The van der Waals surface area contributed by atoms with Gasteiger partial charge in [0.2, 0.25) is 0 Å². The minimum absolute atomic E-state index is 0.644. The number of aryl methyl sites for hydroxylation is 2. The quantitative estimate of drug-likeness (QED) is 0.801. The van der Waals surface area contributed by atoms with Gasteiger partial charge in [0.1, 0.15) is 0 Å². The number of hydrogen-bond donors (Lipinski definition) is 1. The molecule has 2 aromatic rings. The van der Waals surface area contributed by atoms with Crippen molar-refractivity contribution in [2.75, 3.05) is 5.73 Å². The molecule has 82 valence electrons. The van der Waals surface area contributed by atoms with Crippen LogP contribution in [0.15, 0.2) is 48.5 Å². The lowest BCUT2D eigenvalue weighted by molar-refractivity contribution is 0.961. The molecule has 0 saturated carbocycles. The predicted molar refractivity (Wildman–Crippen MR) is 69.7 cm³/mol. The summed E-state index contributed by atoms with van der Waals surface area (Å²) in [5.41, 5.74) is 8.88. The zero-order chi connectivity index (χ0) is 11.4. The maximum Gasteiger partial charge on any atom is 0.0638 e. The molecule has 0 aliphatic heterocycles. The summed E-state index contributed by atoms with van der Waals surface area (Å²) in [5, 5.41) is 0.644. The Hall–Kier alpha value is -1.47. The molecule has 0 saturated heterocycles. The lowest BCUT2D eigenvalue weighted by atomic mass is 10.0. The average Bonchev–Trinajstić information content (AvgIpc) is 2.32. The third kappa shape index (κ3) is 2.77. The van der Waals surface area contributed by atoms with Crippen molar-refractivity contribution >= 4 is 17.3 Å². The summed E-state index contributed by atoms with van der Waals surface area (Å²) in [6.07, 6.45) is 2.02. The maximum absolute atomic E-state index is 5.97. The molecule has 0 aliphatic rings. The van der Waals surface area contributed by atoms with Crippen molar-refractivity contribution in [3.8, 4) is 0 Å². The number of hydrogen-bond acceptors (Lipinski definition) is 1. The highest BCUT2D eigenvalue weighted by atomic mass is 35.5. The minimum atomic E-state index is 0.644. The van der Waals surface area contributed by atoms with Gasteiger partial charge in [-0.05, 0) is 36.1 Å². The van der Waals surface area contributed by atoms with Gasteiger partial charge < -0.3 is 5.73 Å². The largest absolute Gasteiger partial charge is 0.398 e. The second-order valence-electron chi connectivity index (χ2n) is 3.84. The van der Waals surface area contributed by atoms with Crippen molar-refractivity contribution in [3.63, 3.8) is 0 Å². The second kappa shape index (κ2) is 5.04. The Kier molecular flexibility index (Phi) is 3.47. The van der Waals surface area contributed by atoms with E-state index in [-0.39, 0.29) is 0 Å². The van der Waals surface area contributed by atoms with Crippen LogP contribution in [0.25, 0.3) is 0 Å². The maximum atomic E-state index is 5.97. The van der Waals surface area contributed by atoms with Crippen molar-refractivity contribution in [1.82, 2.24) is 0 Å². The first-order chi connectivity index (χ1) is 7.75. The molecule has 0 amide bonds. The molecule has 0 fully saturated rings. The summed E-state index contributed by atoms with van der Waals surface area (Å²) < 4.78 is 0. The average molecular weight is 232 g/mol. The van der Waals surface area contributed by atoms with Crippen molar-refractivity contribution in [1.29, 1.82) is 0 Å². The summed E-state index contributed by atoms with van der Waals surface area (Å²) in [4.78, 5) is 0. The fourth-order valence-electron chi connectivity index (χ4n) is 1.66. The van der Waals surface area contributed by atoms with E-state index in [1.54, 1.807) is 0 Å². The Balaban J connectivity index is 2.03. The Morgan fingerprint density at radius 1 is 0.875 bits per heavy atom. The van der Waals surface area contributed by atoms with Gasteiger partial charge >= 0.3 is 0 Å². The van der Waals surface area contributed by atoms with Gasteiger partial charge in [0, 0.05) is 0 Å². The lowest BCUT2D eigenvalue weighted by Gasteiger charge is -2.04. The fraction of sp³-hybridized carbons (Fsp3) is 0.143. The molecule has 16 heavy (non-hydrogen) atoms. The van der Waals surface area contributed by atoms with Crippen LogP contribution in [0.3, 0.4) is 0 Å². The highest BCUT2D eigenvalue weighted by Gasteiger charge is 1.99. The molecular weight excluding hydrogens is 218 g/mol. The van der Waals surface area contributed by atoms with E-state index in [1.807, 2.05) is 24.3 Å². The molecule has 1 nitrogen and oxygen atoms in total. The Labute approximate surface area is 101 Å². The number of benzene rings is 2. The molecule has 2 N–H and O–H groups in total. The van der Waals surface area contributed by atoms with E-state index >= 15 is 0 Å². The van der Waals surface area contributed by atoms with Crippen LogP contribution in [-0.2, 0) is 12.8 Å².